The highest BCUT2D eigenvalue weighted by Gasteiger charge is 2.73. The molecule has 0 amide bonds. The number of fused-ring (bicyclic) bond motifs is 2. The smallest absolute Gasteiger partial charge is 0.338 e. The van der Waals surface area contributed by atoms with Crippen LogP contribution >= 0.6 is 0 Å². The molecule has 8 aliphatic rings. The van der Waals surface area contributed by atoms with Crippen LogP contribution in [0.4, 0.5) is 0 Å². The van der Waals surface area contributed by atoms with Crippen molar-refractivity contribution in [1.29, 1.82) is 0 Å². The molecular weight excluding hydrogens is 1080 g/mol. The van der Waals surface area contributed by atoms with Gasteiger partial charge in [-0.1, -0.05) is 50.2 Å². The molecule has 24 atom stereocenters. The molecule has 2 aliphatic carbocycles. The van der Waals surface area contributed by atoms with E-state index in [4.69, 9.17) is 52.1 Å². The Labute approximate surface area is 461 Å². The molecule has 6 heterocycles. The molecule has 6 saturated heterocycles. The normalized spacial score (nSPS) is 44.9. The van der Waals surface area contributed by atoms with Crippen molar-refractivity contribution in [2.24, 2.45) is 23.7 Å². The van der Waals surface area contributed by atoms with Crippen molar-refractivity contribution in [3.63, 3.8) is 0 Å². The Hall–Kier alpha value is -5.02. The monoisotopic (exact) mass is 1150 g/mol. The first-order valence-corrected chi connectivity index (χ1v) is 26.9. The van der Waals surface area contributed by atoms with Gasteiger partial charge in [0.2, 0.25) is 29.4 Å². The Morgan fingerprint density at radius 3 is 1.51 bits per heavy atom. The zero-order chi connectivity index (χ0) is 58.1. The first-order valence-electron chi connectivity index (χ1n) is 26.9. The topological polar surface area (TPSA) is 406 Å². The molecular formula is C54H66O27. The van der Waals surface area contributed by atoms with E-state index in [1.54, 1.807) is 62.4 Å². The van der Waals surface area contributed by atoms with Gasteiger partial charge >= 0.3 is 23.9 Å². The second kappa shape index (κ2) is 22.9. The minimum absolute atomic E-state index is 0.144. The molecule has 10 N–H and O–H groups in total. The van der Waals surface area contributed by atoms with Crippen LogP contribution in [0, 0.1) is 23.7 Å². The van der Waals surface area contributed by atoms with Gasteiger partial charge in [0.05, 0.1) is 55.0 Å². The lowest BCUT2D eigenvalue weighted by Gasteiger charge is -2.46. The van der Waals surface area contributed by atoms with Crippen molar-refractivity contribution in [3.8, 4) is 0 Å². The number of hydrogen-bond acceptors (Lipinski definition) is 27. The van der Waals surface area contributed by atoms with E-state index in [1.165, 1.54) is 12.1 Å². The quantitative estimate of drug-likeness (QED) is 0.0731. The number of carbonyl (C=O) groups excluding carboxylic acids is 6. The van der Waals surface area contributed by atoms with Gasteiger partial charge in [0.15, 0.2) is 23.6 Å². The van der Waals surface area contributed by atoms with Crippen LogP contribution in [0.15, 0.2) is 60.7 Å². The summed E-state index contributed by atoms with van der Waals surface area (Å²) in [6.45, 7) is 1.29. The predicted octanol–water partition coefficient (Wildman–Crippen LogP) is -3.40. The third kappa shape index (κ3) is 10.6. The number of aliphatic hydroxyl groups is 10. The first kappa shape index (κ1) is 59.2. The van der Waals surface area contributed by atoms with Gasteiger partial charge in [-0.05, 0) is 49.9 Å². The molecule has 2 aromatic rings. The van der Waals surface area contributed by atoms with Crippen LogP contribution in [0.5, 0.6) is 0 Å². The van der Waals surface area contributed by atoms with E-state index in [0.717, 1.165) is 0 Å². The van der Waals surface area contributed by atoms with Gasteiger partial charge in [0.25, 0.3) is 0 Å². The average Bonchev–Trinajstić information content (AvgIpc) is 4.08. The molecule has 2 spiro atoms. The summed E-state index contributed by atoms with van der Waals surface area (Å²) >= 11 is 0. The number of aliphatic hydroxyl groups excluding tert-OH is 8. The van der Waals surface area contributed by atoms with Crippen molar-refractivity contribution in [3.05, 3.63) is 71.8 Å². The van der Waals surface area contributed by atoms with Crippen molar-refractivity contribution < 1.29 is 132 Å². The van der Waals surface area contributed by atoms with Crippen LogP contribution < -0.4 is 0 Å². The van der Waals surface area contributed by atoms with E-state index >= 15 is 0 Å². The van der Waals surface area contributed by atoms with Crippen LogP contribution in [0.1, 0.15) is 73.1 Å². The molecule has 0 unspecified atom stereocenters. The van der Waals surface area contributed by atoms with Gasteiger partial charge in [0.1, 0.15) is 73.8 Å². The summed E-state index contributed by atoms with van der Waals surface area (Å²) in [5.41, 5.74) is -4.69. The Morgan fingerprint density at radius 2 is 1.02 bits per heavy atom. The van der Waals surface area contributed by atoms with Gasteiger partial charge < -0.3 is 103 Å². The lowest BCUT2D eigenvalue weighted by molar-refractivity contribution is -0.363. The zero-order valence-electron chi connectivity index (χ0n) is 43.8. The summed E-state index contributed by atoms with van der Waals surface area (Å²) in [7, 11) is 0. The summed E-state index contributed by atoms with van der Waals surface area (Å²) < 4.78 is 63.6. The molecule has 27 nitrogen and oxygen atoms in total. The number of ketones is 2. The number of carbonyl (C=O) groups is 6. The van der Waals surface area contributed by atoms with Crippen LogP contribution in [-0.4, -0.2) is 234 Å². The van der Waals surface area contributed by atoms with E-state index in [2.05, 4.69) is 0 Å². The van der Waals surface area contributed by atoms with Crippen molar-refractivity contribution >= 4 is 35.4 Å². The number of Topliss-reactive ketones (excluding diaryl/α,β-unsaturated/α-hetero) is 2. The highest BCUT2D eigenvalue weighted by molar-refractivity contribution is 5.98. The maximum Gasteiger partial charge on any atom is 0.338 e. The second-order valence-corrected chi connectivity index (χ2v) is 22.4. The largest absolute Gasteiger partial charge is 0.463 e. The van der Waals surface area contributed by atoms with Crippen LogP contribution in [-0.2, 0) is 71.3 Å². The van der Waals surface area contributed by atoms with Crippen molar-refractivity contribution in [2.75, 3.05) is 26.4 Å². The van der Waals surface area contributed by atoms with E-state index in [-0.39, 0.29) is 37.2 Å². The second-order valence-electron chi connectivity index (χ2n) is 22.4. The number of ether oxygens (including phenoxy) is 11. The number of benzene rings is 2. The fourth-order valence-corrected chi connectivity index (χ4v) is 12.1. The zero-order valence-corrected chi connectivity index (χ0v) is 43.8. The molecule has 0 aromatic heterocycles. The van der Waals surface area contributed by atoms with Crippen molar-refractivity contribution in [2.45, 2.75) is 173 Å². The molecule has 10 rings (SSSR count). The molecule has 2 saturated carbocycles. The highest BCUT2D eigenvalue weighted by atomic mass is 16.8. The Morgan fingerprint density at radius 1 is 0.568 bits per heavy atom. The SMILES string of the molecule is C[C@@H]1CO[C@@]2(C[C@@H]1OC(=O)c1ccccc1)O[C@@H]1C[C@@H](C(=O)OC[C@H]3O[C@@H](O[C@H]4[C@H](OC(=O)[C@H]5C[C@H](O)[C@]6(O)C(=O)[C@]7(C[C@H](OC(=O)c8ccccc8)[C@H](C)CO7)O[C@@H]6C5)O[C@H](CO)[C@@H](O)[C@@H]4O)[C@H](O)[C@@H](O)[C@@H]3O)C[C@H](O)[C@]1(O)C2=O. The molecule has 8 fully saturated rings. The summed E-state index contributed by atoms with van der Waals surface area (Å²) in [5.74, 6) is -13.6. The van der Waals surface area contributed by atoms with E-state index in [1.807, 2.05) is 0 Å². The molecule has 444 valence electrons. The molecule has 81 heavy (non-hydrogen) atoms. The van der Waals surface area contributed by atoms with Crippen molar-refractivity contribution in [1.82, 2.24) is 0 Å². The minimum Gasteiger partial charge on any atom is -0.463 e. The maximum absolute atomic E-state index is 14.1. The molecule has 0 radical (unpaired) electrons. The Kier molecular flexibility index (Phi) is 16.7. The van der Waals surface area contributed by atoms with Gasteiger partial charge in [-0.25, -0.2) is 9.59 Å². The number of hydrogen-bond donors (Lipinski definition) is 10. The molecule has 0 bridgehead atoms. The molecule has 27 heteroatoms. The summed E-state index contributed by atoms with van der Waals surface area (Å²) in [5, 5.41) is 112. The van der Waals surface area contributed by atoms with E-state index in [9.17, 15) is 79.8 Å². The summed E-state index contributed by atoms with van der Waals surface area (Å²) in [4.78, 5) is 81.8. The van der Waals surface area contributed by atoms with Gasteiger partial charge in [-0.3, -0.25) is 19.2 Å². The Bertz CT molecular complexity index is 2660. The number of esters is 4. The highest BCUT2D eigenvalue weighted by Crippen LogP contribution is 2.52. The standard InChI is InChI=1S/C54H66O27/c1-23-20-72-51(17-29(23)74-44(64)25-9-5-3-6-10-25)49(67)53(69)33(56)13-27(15-35(53)80-51)43(63)71-22-32-38(59)39(60)41(62)47(77-32)78-42-40(61)37(58)31(19-55)76-48(42)79-46(66)28-14-34(57)54(70)36(16-28)81-52(50(54)68)18-30(24(2)21-73-52)75-45(65)26-11-7-4-8-12-26/h3-12,23-24,27-42,47-48,55-62,69-70H,13-22H2,1-2H3/t23-,24-,27+,28+,29+,30+,31-,32-,33+,34+,35-,36-,37-,38-,39+,40+,41-,42-,47+,48+,51+,52+,53-,54-/m1/s1. The van der Waals surface area contributed by atoms with Gasteiger partial charge in [-0.15, -0.1) is 0 Å². The average molecular weight is 1150 g/mol. The summed E-state index contributed by atoms with van der Waals surface area (Å²) in [6.07, 6.45) is -31.6. The Balaban J connectivity index is 0.774. The van der Waals surface area contributed by atoms with Gasteiger partial charge in [-0.2, -0.15) is 0 Å². The lowest BCUT2D eigenvalue weighted by Crippen LogP contribution is -2.65. The van der Waals surface area contributed by atoms with E-state index < -0.39 is 219 Å². The molecule has 6 aliphatic heterocycles. The maximum atomic E-state index is 14.1. The van der Waals surface area contributed by atoms with Gasteiger partial charge in [0, 0.05) is 24.7 Å². The first-order chi connectivity index (χ1) is 38.4. The van der Waals surface area contributed by atoms with Crippen LogP contribution in [0.2, 0.25) is 0 Å². The lowest BCUT2D eigenvalue weighted by atomic mass is 9.72. The fraction of sp³-hybridized carbons (Fsp3) is 0.667. The third-order valence-electron chi connectivity index (χ3n) is 17.1. The molecule has 2 aromatic carbocycles. The van der Waals surface area contributed by atoms with E-state index in [0.29, 0.717) is 0 Å². The number of rotatable bonds is 12. The summed E-state index contributed by atoms with van der Waals surface area (Å²) in [6, 6.07) is 16.1. The fourth-order valence-electron chi connectivity index (χ4n) is 12.1. The predicted molar refractivity (Wildman–Crippen MR) is 260 cm³/mol. The van der Waals surface area contributed by atoms with Crippen LogP contribution in [0.25, 0.3) is 0 Å². The third-order valence-corrected chi connectivity index (χ3v) is 17.1. The minimum atomic E-state index is -2.61. The van der Waals surface area contributed by atoms with Crippen LogP contribution in [0.3, 0.4) is 0 Å².